The number of hydrogen-bond donors (Lipinski definition) is 1. The van der Waals surface area contributed by atoms with Crippen LogP contribution in [0, 0.1) is 0 Å². The summed E-state index contributed by atoms with van der Waals surface area (Å²) >= 11 is 0. The number of benzene rings is 1. The summed E-state index contributed by atoms with van der Waals surface area (Å²) in [4.78, 5) is 0. The highest BCUT2D eigenvalue weighted by Crippen LogP contribution is 1.94. The lowest BCUT2D eigenvalue weighted by atomic mass is 9.64. The zero-order valence-corrected chi connectivity index (χ0v) is 8.57. The van der Waals surface area contributed by atoms with Crippen molar-refractivity contribution in [1.82, 2.24) is 5.32 Å². The van der Waals surface area contributed by atoms with Crippen LogP contribution in [0.3, 0.4) is 0 Å². The molecule has 1 heterocycles. The highest BCUT2D eigenvalue weighted by Gasteiger charge is 2.14. The van der Waals surface area contributed by atoms with E-state index in [1.165, 1.54) is 5.46 Å². The fraction of sp³-hybridized carbons (Fsp3) is 0.400. The van der Waals surface area contributed by atoms with E-state index >= 15 is 0 Å². The Morgan fingerprint density at radius 2 is 1.93 bits per heavy atom. The van der Waals surface area contributed by atoms with Crippen molar-refractivity contribution in [3.63, 3.8) is 0 Å². The van der Waals surface area contributed by atoms with Crippen molar-refractivity contribution in [2.75, 3.05) is 19.7 Å². The van der Waals surface area contributed by atoms with E-state index in [-0.39, 0.29) is 17.0 Å². The molecule has 0 aliphatic carbocycles. The van der Waals surface area contributed by atoms with Crippen LogP contribution in [0.25, 0.3) is 0 Å². The molecule has 1 atom stereocenters. The summed E-state index contributed by atoms with van der Waals surface area (Å²) in [6.07, 6.45) is 0. The van der Waals surface area contributed by atoms with Gasteiger partial charge in [-0.15, -0.1) is 0 Å². The van der Waals surface area contributed by atoms with Crippen LogP contribution in [-0.2, 0) is 4.74 Å². The second kappa shape index (κ2) is 7.42. The minimum Gasteiger partial charge on any atom is -0.412 e. The van der Waals surface area contributed by atoms with Crippen LogP contribution in [0.15, 0.2) is 30.3 Å². The van der Waals surface area contributed by atoms with Gasteiger partial charge in [0.2, 0.25) is 0 Å². The van der Waals surface area contributed by atoms with E-state index in [2.05, 4.69) is 24.7 Å². The van der Waals surface area contributed by atoms with E-state index in [0.29, 0.717) is 0 Å². The number of hydrogen-bond acceptors (Lipinski definition) is 2. The van der Waals surface area contributed by atoms with Gasteiger partial charge in [-0.05, 0) is 0 Å². The molecule has 0 bridgehead atoms. The number of morpholine rings is 1. The molecule has 0 saturated carbocycles. The fourth-order valence-corrected chi connectivity index (χ4v) is 1.47. The quantitative estimate of drug-likeness (QED) is 0.591. The molecule has 0 amide bonds. The maximum Gasteiger partial charge on any atom is 0.191 e. The lowest BCUT2D eigenvalue weighted by Crippen LogP contribution is -2.45. The second-order valence-electron chi connectivity index (χ2n) is 3.19. The maximum absolute atomic E-state index is 5.56. The fourth-order valence-electron chi connectivity index (χ4n) is 1.47. The monoisotopic (exact) mass is 210 g/mol. The van der Waals surface area contributed by atoms with Gasteiger partial charge in [-0.2, -0.15) is 0 Å². The van der Waals surface area contributed by atoms with Crippen LogP contribution in [0.1, 0.15) is 0 Å². The molecule has 1 aromatic carbocycles. The molecule has 83 valence electrons. The van der Waals surface area contributed by atoms with E-state index in [9.17, 15) is 0 Å². The summed E-state index contributed by atoms with van der Waals surface area (Å²) in [5.41, 5.74) is 1.23. The largest absolute Gasteiger partial charge is 0.412 e. The summed E-state index contributed by atoms with van der Waals surface area (Å²) in [5, 5.41) is 3.30. The Labute approximate surface area is 90.5 Å². The standard InChI is InChI=1S/C10H13BNO.2H2O/c1-2-4-9(5-3-1)11-10-8-12-6-7-13-10;;/h1-5,10,12H,6-8H2;2*1H2. The molecule has 0 spiro atoms. The molecule has 1 fully saturated rings. The Hall–Kier alpha value is -0.875. The molecule has 1 unspecified atom stereocenters. The third-order valence-corrected chi connectivity index (χ3v) is 2.13. The van der Waals surface area contributed by atoms with Crippen molar-refractivity contribution in [1.29, 1.82) is 0 Å². The Kier molecular flexibility index (Phi) is 6.99. The number of ether oxygens (including phenoxy) is 1. The van der Waals surface area contributed by atoms with Gasteiger partial charge in [-0.1, -0.05) is 35.8 Å². The summed E-state index contributed by atoms with van der Waals surface area (Å²) in [5.74, 6) is 0. The number of rotatable bonds is 2. The molecule has 1 aliphatic rings. The van der Waals surface area contributed by atoms with Gasteiger partial charge in [0, 0.05) is 19.1 Å². The van der Waals surface area contributed by atoms with Crippen LogP contribution in [0.2, 0.25) is 0 Å². The van der Waals surface area contributed by atoms with Gasteiger partial charge in [0.15, 0.2) is 7.28 Å². The third-order valence-electron chi connectivity index (χ3n) is 2.13. The van der Waals surface area contributed by atoms with Gasteiger partial charge >= 0.3 is 0 Å². The van der Waals surface area contributed by atoms with Gasteiger partial charge in [-0.3, -0.25) is 0 Å². The molecule has 2 rings (SSSR count). The zero-order chi connectivity index (χ0) is 8.93. The van der Waals surface area contributed by atoms with E-state index in [1.54, 1.807) is 0 Å². The Balaban J connectivity index is 0.000000980. The van der Waals surface area contributed by atoms with Crippen LogP contribution in [-0.4, -0.2) is 43.9 Å². The third kappa shape index (κ3) is 4.44. The first-order valence-electron chi connectivity index (χ1n) is 4.67. The molecule has 0 aromatic heterocycles. The predicted molar refractivity (Wildman–Crippen MR) is 61.7 cm³/mol. The Morgan fingerprint density at radius 1 is 1.20 bits per heavy atom. The molecule has 4 nitrogen and oxygen atoms in total. The maximum atomic E-state index is 5.56. The molecule has 5 N–H and O–H groups in total. The molecule has 15 heavy (non-hydrogen) atoms. The van der Waals surface area contributed by atoms with Crippen molar-refractivity contribution in [2.45, 2.75) is 6.00 Å². The highest BCUT2D eigenvalue weighted by atomic mass is 16.5. The molecule has 1 aromatic rings. The predicted octanol–water partition coefficient (Wildman–Crippen LogP) is -1.69. The molecule has 5 heteroatoms. The van der Waals surface area contributed by atoms with Crippen molar-refractivity contribution < 1.29 is 15.7 Å². The summed E-state index contributed by atoms with van der Waals surface area (Å²) in [7, 11) is 2.16. The number of nitrogens with one attached hydrogen (secondary N) is 1. The molecular formula is C10H17BNO3. The van der Waals surface area contributed by atoms with E-state index in [0.717, 1.165) is 19.7 Å². The van der Waals surface area contributed by atoms with Crippen LogP contribution in [0.4, 0.5) is 0 Å². The Morgan fingerprint density at radius 3 is 2.53 bits per heavy atom. The van der Waals surface area contributed by atoms with Crippen molar-refractivity contribution in [2.24, 2.45) is 0 Å². The lowest BCUT2D eigenvalue weighted by molar-refractivity contribution is 0.0785. The van der Waals surface area contributed by atoms with Crippen molar-refractivity contribution in [3.05, 3.63) is 30.3 Å². The van der Waals surface area contributed by atoms with Crippen molar-refractivity contribution in [3.8, 4) is 0 Å². The minimum atomic E-state index is 0. The summed E-state index contributed by atoms with van der Waals surface area (Å²) in [6, 6.07) is 10.5. The Bertz CT molecular complexity index is 252. The van der Waals surface area contributed by atoms with E-state index in [4.69, 9.17) is 4.74 Å². The minimum absolute atomic E-state index is 0. The van der Waals surface area contributed by atoms with E-state index < -0.39 is 0 Å². The normalized spacial score (nSPS) is 19.6. The van der Waals surface area contributed by atoms with Crippen molar-refractivity contribution >= 4 is 12.7 Å². The van der Waals surface area contributed by atoms with Gasteiger partial charge < -0.3 is 21.0 Å². The van der Waals surface area contributed by atoms with E-state index in [1.807, 2.05) is 18.2 Å². The first-order chi connectivity index (χ1) is 6.45. The lowest BCUT2D eigenvalue weighted by Gasteiger charge is -2.23. The summed E-state index contributed by atoms with van der Waals surface area (Å²) in [6.45, 7) is 2.71. The van der Waals surface area contributed by atoms with Crippen LogP contribution in [0.5, 0.6) is 0 Å². The molecule has 1 aliphatic heterocycles. The zero-order valence-electron chi connectivity index (χ0n) is 8.57. The molecule has 1 saturated heterocycles. The molecule has 1 radical (unpaired) electrons. The topological polar surface area (TPSA) is 84.3 Å². The van der Waals surface area contributed by atoms with Crippen LogP contribution < -0.4 is 10.8 Å². The average molecular weight is 210 g/mol. The second-order valence-corrected chi connectivity index (χ2v) is 3.19. The summed E-state index contributed by atoms with van der Waals surface area (Å²) < 4.78 is 5.56. The first kappa shape index (κ1) is 14.1. The van der Waals surface area contributed by atoms with Gasteiger partial charge in [-0.25, -0.2) is 0 Å². The first-order valence-corrected chi connectivity index (χ1v) is 4.67. The SMILES string of the molecule is O.O.[B](c1ccccc1)C1CNCCO1. The van der Waals surface area contributed by atoms with Gasteiger partial charge in [0.25, 0.3) is 0 Å². The highest BCUT2D eigenvalue weighted by molar-refractivity contribution is 6.54. The smallest absolute Gasteiger partial charge is 0.191 e. The van der Waals surface area contributed by atoms with Gasteiger partial charge in [0.1, 0.15) is 0 Å². The van der Waals surface area contributed by atoms with Crippen LogP contribution >= 0.6 is 0 Å². The average Bonchev–Trinajstić information content (AvgIpc) is 2.21. The molecular weight excluding hydrogens is 193 g/mol. The van der Waals surface area contributed by atoms with Gasteiger partial charge in [0.05, 0.1) is 6.61 Å².